The SMILES string of the molecule is CCNS(=O)(=O)c1ccc([N+](=O)[O-])c(C)c1. The van der Waals surface area contributed by atoms with E-state index in [0.717, 1.165) is 0 Å². The fourth-order valence-electron chi connectivity index (χ4n) is 1.27. The van der Waals surface area contributed by atoms with Gasteiger partial charge in [0.15, 0.2) is 0 Å². The summed E-state index contributed by atoms with van der Waals surface area (Å²) in [7, 11) is -3.55. The Balaban J connectivity index is 3.21. The van der Waals surface area contributed by atoms with Gasteiger partial charge < -0.3 is 0 Å². The Morgan fingerprint density at radius 3 is 2.50 bits per heavy atom. The van der Waals surface area contributed by atoms with Gasteiger partial charge in [-0.1, -0.05) is 6.92 Å². The van der Waals surface area contributed by atoms with Crippen LogP contribution in [0.1, 0.15) is 12.5 Å². The maximum Gasteiger partial charge on any atom is 0.272 e. The largest absolute Gasteiger partial charge is 0.272 e. The molecule has 0 aliphatic rings. The van der Waals surface area contributed by atoms with Crippen LogP contribution in [0.5, 0.6) is 0 Å². The molecule has 1 aromatic rings. The topological polar surface area (TPSA) is 89.3 Å². The second-order valence-corrected chi connectivity index (χ2v) is 4.97. The van der Waals surface area contributed by atoms with E-state index in [-0.39, 0.29) is 17.1 Å². The number of hydrogen-bond donors (Lipinski definition) is 1. The van der Waals surface area contributed by atoms with Gasteiger partial charge in [-0.15, -0.1) is 0 Å². The average molecular weight is 244 g/mol. The number of nitrogens with zero attached hydrogens (tertiary/aromatic N) is 1. The zero-order valence-corrected chi connectivity index (χ0v) is 9.74. The van der Waals surface area contributed by atoms with E-state index in [2.05, 4.69) is 4.72 Å². The van der Waals surface area contributed by atoms with E-state index in [9.17, 15) is 18.5 Å². The highest BCUT2D eigenvalue weighted by atomic mass is 32.2. The van der Waals surface area contributed by atoms with Gasteiger partial charge in [0.05, 0.1) is 9.82 Å². The summed E-state index contributed by atoms with van der Waals surface area (Å²) in [5.74, 6) is 0. The van der Waals surface area contributed by atoms with Crippen LogP contribution in [0.4, 0.5) is 5.69 Å². The summed E-state index contributed by atoms with van der Waals surface area (Å²) in [6.07, 6.45) is 0. The van der Waals surface area contributed by atoms with Crippen molar-refractivity contribution in [3.63, 3.8) is 0 Å². The molecule has 0 atom stereocenters. The van der Waals surface area contributed by atoms with Gasteiger partial charge in [0, 0.05) is 18.2 Å². The molecule has 6 nitrogen and oxygen atoms in total. The van der Waals surface area contributed by atoms with Crippen LogP contribution in [-0.2, 0) is 10.0 Å². The second-order valence-electron chi connectivity index (χ2n) is 3.21. The van der Waals surface area contributed by atoms with Crippen LogP contribution in [0.2, 0.25) is 0 Å². The summed E-state index contributed by atoms with van der Waals surface area (Å²) < 4.78 is 25.5. The Morgan fingerprint density at radius 2 is 2.06 bits per heavy atom. The average Bonchev–Trinajstić information content (AvgIpc) is 2.16. The van der Waals surface area contributed by atoms with E-state index in [4.69, 9.17) is 0 Å². The zero-order chi connectivity index (χ0) is 12.3. The first-order chi connectivity index (χ1) is 7.38. The van der Waals surface area contributed by atoms with Crippen molar-refractivity contribution in [2.45, 2.75) is 18.7 Å². The lowest BCUT2D eigenvalue weighted by Crippen LogP contribution is -2.23. The van der Waals surface area contributed by atoms with Gasteiger partial charge in [-0.05, 0) is 19.1 Å². The van der Waals surface area contributed by atoms with Crippen LogP contribution in [0.15, 0.2) is 23.1 Å². The molecule has 88 valence electrons. The lowest BCUT2D eigenvalue weighted by atomic mass is 10.2. The summed E-state index contributed by atoms with van der Waals surface area (Å²) in [6, 6.07) is 3.71. The van der Waals surface area contributed by atoms with Gasteiger partial charge in [-0.2, -0.15) is 0 Å². The standard InChI is InChI=1S/C9H12N2O4S/c1-3-10-16(14,15)8-4-5-9(11(12)13)7(2)6-8/h4-6,10H,3H2,1-2H3. The predicted molar refractivity (Wildman–Crippen MR) is 58.7 cm³/mol. The minimum Gasteiger partial charge on any atom is -0.258 e. The van der Waals surface area contributed by atoms with Crippen molar-refractivity contribution in [3.8, 4) is 0 Å². The summed E-state index contributed by atoms with van der Waals surface area (Å²) in [5, 5.41) is 10.5. The van der Waals surface area contributed by atoms with E-state index in [1.165, 1.54) is 25.1 Å². The quantitative estimate of drug-likeness (QED) is 0.636. The molecule has 0 fully saturated rings. The molecular weight excluding hydrogens is 232 g/mol. The molecule has 0 aliphatic heterocycles. The van der Waals surface area contributed by atoms with E-state index in [1.54, 1.807) is 6.92 Å². The normalized spacial score (nSPS) is 11.4. The van der Waals surface area contributed by atoms with Gasteiger partial charge in [0.25, 0.3) is 5.69 Å². The summed E-state index contributed by atoms with van der Waals surface area (Å²) >= 11 is 0. The molecule has 1 rings (SSSR count). The zero-order valence-electron chi connectivity index (χ0n) is 8.93. The number of nitro benzene ring substituents is 1. The van der Waals surface area contributed by atoms with E-state index < -0.39 is 14.9 Å². The monoisotopic (exact) mass is 244 g/mol. The molecule has 7 heteroatoms. The van der Waals surface area contributed by atoms with Crippen LogP contribution < -0.4 is 4.72 Å². The molecule has 0 saturated heterocycles. The van der Waals surface area contributed by atoms with Crippen molar-refractivity contribution >= 4 is 15.7 Å². The predicted octanol–water partition coefficient (Wildman–Crippen LogP) is 1.20. The van der Waals surface area contributed by atoms with Crippen molar-refractivity contribution in [1.29, 1.82) is 0 Å². The summed E-state index contributed by atoms with van der Waals surface area (Å²) in [4.78, 5) is 10.0. The van der Waals surface area contributed by atoms with E-state index in [1.807, 2.05) is 0 Å². The van der Waals surface area contributed by atoms with Crippen LogP contribution in [0.3, 0.4) is 0 Å². The van der Waals surface area contributed by atoms with Crippen LogP contribution in [0.25, 0.3) is 0 Å². The molecule has 1 aromatic carbocycles. The first-order valence-electron chi connectivity index (χ1n) is 4.63. The highest BCUT2D eigenvalue weighted by Crippen LogP contribution is 2.21. The number of sulfonamides is 1. The lowest BCUT2D eigenvalue weighted by Gasteiger charge is -2.05. The lowest BCUT2D eigenvalue weighted by molar-refractivity contribution is -0.385. The van der Waals surface area contributed by atoms with Crippen molar-refractivity contribution in [2.75, 3.05) is 6.54 Å². The molecule has 0 bridgehead atoms. The third-order valence-corrected chi connectivity index (χ3v) is 3.55. The van der Waals surface area contributed by atoms with Gasteiger partial charge in [-0.25, -0.2) is 13.1 Å². The van der Waals surface area contributed by atoms with Gasteiger partial charge in [-0.3, -0.25) is 10.1 Å². The number of nitrogens with one attached hydrogen (secondary N) is 1. The summed E-state index contributed by atoms with van der Waals surface area (Å²) in [5.41, 5.74) is 0.236. The Bertz CT molecular complexity index is 510. The van der Waals surface area contributed by atoms with Crippen LogP contribution in [0, 0.1) is 17.0 Å². The fourth-order valence-corrected chi connectivity index (χ4v) is 2.40. The minimum atomic E-state index is -3.55. The molecular formula is C9H12N2O4S. The fraction of sp³-hybridized carbons (Fsp3) is 0.333. The molecule has 0 aromatic heterocycles. The van der Waals surface area contributed by atoms with Crippen LogP contribution >= 0.6 is 0 Å². The van der Waals surface area contributed by atoms with Crippen molar-refractivity contribution in [2.24, 2.45) is 0 Å². The Morgan fingerprint density at radius 1 is 1.44 bits per heavy atom. The van der Waals surface area contributed by atoms with E-state index >= 15 is 0 Å². The summed E-state index contributed by atoms with van der Waals surface area (Å²) in [6.45, 7) is 3.44. The number of hydrogen-bond acceptors (Lipinski definition) is 4. The third-order valence-electron chi connectivity index (χ3n) is 2.01. The minimum absolute atomic E-state index is 0.0393. The van der Waals surface area contributed by atoms with Gasteiger partial charge >= 0.3 is 0 Å². The Hall–Kier alpha value is -1.47. The highest BCUT2D eigenvalue weighted by Gasteiger charge is 2.17. The van der Waals surface area contributed by atoms with Crippen molar-refractivity contribution < 1.29 is 13.3 Å². The van der Waals surface area contributed by atoms with Crippen molar-refractivity contribution in [3.05, 3.63) is 33.9 Å². The first-order valence-corrected chi connectivity index (χ1v) is 6.11. The van der Waals surface area contributed by atoms with Crippen molar-refractivity contribution in [1.82, 2.24) is 4.72 Å². The van der Waals surface area contributed by atoms with Gasteiger partial charge in [0.2, 0.25) is 10.0 Å². The molecule has 0 saturated carbocycles. The molecule has 0 amide bonds. The van der Waals surface area contributed by atoms with Crippen LogP contribution in [-0.4, -0.2) is 19.9 Å². The molecule has 16 heavy (non-hydrogen) atoms. The molecule has 0 spiro atoms. The number of nitro groups is 1. The van der Waals surface area contributed by atoms with E-state index in [0.29, 0.717) is 5.56 Å². The second kappa shape index (κ2) is 4.58. The molecule has 0 heterocycles. The molecule has 1 N–H and O–H groups in total. The Labute approximate surface area is 93.5 Å². The molecule has 0 radical (unpaired) electrons. The first kappa shape index (κ1) is 12.6. The number of benzene rings is 1. The highest BCUT2D eigenvalue weighted by molar-refractivity contribution is 7.89. The Kier molecular flexibility index (Phi) is 3.61. The number of rotatable bonds is 4. The van der Waals surface area contributed by atoms with Gasteiger partial charge in [0.1, 0.15) is 0 Å². The molecule has 0 aliphatic carbocycles. The maximum absolute atomic E-state index is 11.6. The number of aryl methyl sites for hydroxylation is 1. The third kappa shape index (κ3) is 2.56. The molecule has 0 unspecified atom stereocenters. The maximum atomic E-state index is 11.6. The smallest absolute Gasteiger partial charge is 0.258 e.